The lowest BCUT2D eigenvalue weighted by atomic mass is 9.84. The predicted octanol–water partition coefficient (Wildman–Crippen LogP) is 7.61. The van der Waals surface area contributed by atoms with Crippen LogP contribution in [0.1, 0.15) is 122 Å². The van der Waals surface area contributed by atoms with Crippen LogP contribution in [0.5, 0.6) is 0 Å². The zero-order valence-corrected chi connectivity index (χ0v) is 20.4. The first-order valence-electron chi connectivity index (χ1n) is 10.6. The fraction of sp³-hybridized carbons (Fsp3) is 1.00. The average molecular weight is 389 g/mol. The summed E-state index contributed by atoms with van der Waals surface area (Å²) >= 11 is 0. The highest BCUT2D eigenvalue weighted by Crippen LogP contribution is 2.34. The van der Waals surface area contributed by atoms with E-state index in [-0.39, 0.29) is 10.8 Å². The summed E-state index contributed by atoms with van der Waals surface area (Å²) in [5.41, 5.74) is -0.516. The summed E-state index contributed by atoms with van der Waals surface area (Å²) in [6.07, 6.45) is 5.74. The van der Waals surface area contributed by atoms with E-state index in [2.05, 4.69) is 76.2 Å². The smallest absolute Gasteiger partial charge is 0.228 e. The third-order valence-corrected chi connectivity index (χ3v) is 4.03. The van der Waals surface area contributed by atoms with Gasteiger partial charge in [-0.25, -0.2) is 9.78 Å². The van der Waals surface area contributed by atoms with E-state index in [1.807, 2.05) is 6.92 Å². The van der Waals surface area contributed by atoms with Gasteiger partial charge in [-0.05, 0) is 64.7 Å². The molecule has 0 aliphatic rings. The van der Waals surface area contributed by atoms with E-state index in [4.69, 9.17) is 19.6 Å². The van der Waals surface area contributed by atoms with Crippen LogP contribution < -0.4 is 0 Å². The van der Waals surface area contributed by atoms with Crippen molar-refractivity contribution in [3.05, 3.63) is 0 Å². The topological polar surface area (TPSA) is 36.9 Å². The Labute approximate surface area is 169 Å². The van der Waals surface area contributed by atoms with Crippen molar-refractivity contribution in [1.82, 2.24) is 0 Å². The summed E-state index contributed by atoms with van der Waals surface area (Å²) in [5, 5.41) is 0. The molecule has 0 spiro atoms. The van der Waals surface area contributed by atoms with Gasteiger partial charge in [0.25, 0.3) is 0 Å². The van der Waals surface area contributed by atoms with Gasteiger partial charge >= 0.3 is 0 Å². The van der Waals surface area contributed by atoms with Crippen LogP contribution in [-0.2, 0) is 19.6 Å². The molecule has 0 unspecified atom stereocenters. The minimum absolute atomic E-state index is 0.150. The Morgan fingerprint density at radius 1 is 0.519 bits per heavy atom. The molecule has 0 radical (unpaired) electrons. The van der Waals surface area contributed by atoms with Crippen molar-refractivity contribution in [2.45, 2.75) is 139 Å². The third kappa shape index (κ3) is 14.5. The second-order valence-corrected chi connectivity index (χ2v) is 11.9. The molecule has 0 amide bonds. The van der Waals surface area contributed by atoms with Crippen LogP contribution in [0.2, 0.25) is 0 Å². The van der Waals surface area contributed by atoms with Gasteiger partial charge in [0.15, 0.2) is 0 Å². The zero-order chi connectivity index (χ0) is 21.6. The van der Waals surface area contributed by atoms with E-state index in [0.29, 0.717) is 0 Å². The first-order valence-corrected chi connectivity index (χ1v) is 10.6. The number of unbranched alkanes of at least 4 members (excludes halogenated alkanes) is 2. The van der Waals surface area contributed by atoms with Gasteiger partial charge in [-0.3, -0.25) is 0 Å². The molecule has 0 atom stereocenters. The standard InChI is InChI=1S/C23H48O4/c1-13-14-15-16-23(12,26-24-21(8,9)17-19(2,3)4)27-25-22(10,11)18-20(5,6)7/h13-18H2,1-12H3. The molecule has 0 aromatic heterocycles. The third-order valence-electron chi connectivity index (χ3n) is 4.03. The summed E-state index contributed by atoms with van der Waals surface area (Å²) in [7, 11) is 0. The Morgan fingerprint density at radius 3 is 1.19 bits per heavy atom. The van der Waals surface area contributed by atoms with Crippen LogP contribution in [0.25, 0.3) is 0 Å². The maximum absolute atomic E-state index is 5.87. The SMILES string of the molecule is CCCCCC(C)(OOC(C)(C)CC(C)(C)C)OOC(C)(C)CC(C)(C)C. The van der Waals surface area contributed by atoms with Gasteiger partial charge in [0.2, 0.25) is 5.79 Å². The number of rotatable bonds is 12. The van der Waals surface area contributed by atoms with Crippen molar-refractivity contribution in [2.75, 3.05) is 0 Å². The van der Waals surface area contributed by atoms with E-state index >= 15 is 0 Å². The highest BCUT2D eigenvalue weighted by Gasteiger charge is 2.37. The fourth-order valence-corrected chi connectivity index (χ4v) is 3.81. The van der Waals surface area contributed by atoms with Gasteiger partial charge in [0.05, 0.1) is 11.2 Å². The summed E-state index contributed by atoms with van der Waals surface area (Å²) in [6.45, 7) is 25.5. The van der Waals surface area contributed by atoms with Crippen molar-refractivity contribution in [3.8, 4) is 0 Å². The Balaban J connectivity index is 4.98. The molecule has 4 heteroatoms. The molecule has 0 saturated heterocycles. The molecule has 0 aromatic carbocycles. The van der Waals surface area contributed by atoms with Crippen LogP contribution in [0, 0.1) is 10.8 Å². The molecule has 0 fully saturated rings. The molecule has 0 rings (SSSR count). The van der Waals surface area contributed by atoms with Crippen molar-refractivity contribution in [2.24, 2.45) is 10.8 Å². The fourth-order valence-electron chi connectivity index (χ4n) is 3.81. The molecular weight excluding hydrogens is 340 g/mol. The summed E-state index contributed by atoms with van der Waals surface area (Å²) in [4.78, 5) is 23.5. The molecular formula is C23H48O4. The van der Waals surface area contributed by atoms with E-state index in [0.717, 1.165) is 38.5 Å². The van der Waals surface area contributed by atoms with Gasteiger partial charge in [-0.1, -0.05) is 61.3 Å². The number of hydrogen-bond donors (Lipinski definition) is 0. The lowest BCUT2D eigenvalue weighted by Crippen LogP contribution is -2.41. The molecule has 27 heavy (non-hydrogen) atoms. The van der Waals surface area contributed by atoms with Gasteiger partial charge in [-0.15, -0.1) is 0 Å². The number of hydrogen-bond acceptors (Lipinski definition) is 4. The minimum atomic E-state index is -0.931. The largest absolute Gasteiger partial charge is 0.231 e. The highest BCUT2D eigenvalue weighted by atomic mass is 17.3. The van der Waals surface area contributed by atoms with E-state index < -0.39 is 17.0 Å². The maximum atomic E-state index is 5.87. The van der Waals surface area contributed by atoms with Crippen molar-refractivity contribution in [3.63, 3.8) is 0 Å². The molecule has 0 heterocycles. The van der Waals surface area contributed by atoms with Crippen molar-refractivity contribution < 1.29 is 19.6 Å². The molecule has 0 N–H and O–H groups in total. The Morgan fingerprint density at radius 2 is 0.889 bits per heavy atom. The minimum Gasteiger partial charge on any atom is -0.228 e. The van der Waals surface area contributed by atoms with Crippen LogP contribution >= 0.6 is 0 Å². The lowest BCUT2D eigenvalue weighted by Gasteiger charge is -2.37. The lowest BCUT2D eigenvalue weighted by molar-refractivity contribution is -0.541. The molecule has 0 aliphatic carbocycles. The molecule has 0 aliphatic heterocycles. The molecule has 0 aromatic rings. The normalized spacial score (nSPS) is 14.7. The zero-order valence-electron chi connectivity index (χ0n) is 20.4. The van der Waals surface area contributed by atoms with Crippen molar-refractivity contribution >= 4 is 0 Å². The molecule has 0 bridgehead atoms. The Kier molecular flexibility index (Phi) is 9.99. The molecule has 4 nitrogen and oxygen atoms in total. The second-order valence-electron chi connectivity index (χ2n) is 11.9. The van der Waals surface area contributed by atoms with E-state index in [1.54, 1.807) is 0 Å². The van der Waals surface area contributed by atoms with Gasteiger partial charge in [-0.2, -0.15) is 9.78 Å². The quantitative estimate of drug-likeness (QED) is 0.149. The first-order chi connectivity index (χ1) is 11.9. The average Bonchev–Trinajstić information content (AvgIpc) is 2.39. The van der Waals surface area contributed by atoms with Crippen LogP contribution in [-0.4, -0.2) is 17.0 Å². The molecule has 0 saturated carbocycles. The maximum Gasteiger partial charge on any atom is 0.231 e. The Hall–Kier alpha value is -0.160. The summed E-state index contributed by atoms with van der Waals surface area (Å²) in [6, 6.07) is 0. The van der Waals surface area contributed by atoms with Crippen molar-refractivity contribution in [1.29, 1.82) is 0 Å². The Bertz CT molecular complexity index is 381. The summed E-state index contributed by atoms with van der Waals surface area (Å²) in [5.74, 6) is -0.931. The highest BCUT2D eigenvalue weighted by molar-refractivity contribution is 4.77. The monoisotopic (exact) mass is 388 g/mol. The van der Waals surface area contributed by atoms with Crippen LogP contribution in [0.3, 0.4) is 0 Å². The van der Waals surface area contributed by atoms with Crippen LogP contribution in [0.4, 0.5) is 0 Å². The predicted molar refractivity (Wildman–Crippen MR) is 113 cm³/mol. The van der Waals surface area contributed by atoms with Gasteiger partial charge in [0.1, 0.15) is 0 Å². The first kappa shape index (κ1) is 26.8. The van der Waals surface area contributed by atoms with Gasteiger partial charge in [0, 0.05) is 6.42 Å². The summed E-state index contributed by atoms with van der Waals surface area (Å²) < 4.78 is 0. The second kappa shape index (κ2) is 10.0. The van der Waals surface area contributed by atoms with Crippen LogP contribution in [0.15, 0.2) is 0 Å². The molecule has 164 valence electrons. The van der Waals surface area contributed by atoms with E-state index in [1.165, 1.54) is 0 Å². The van der Waals surface area contributed by atoms with Gasteiger partial charge < -0.3 is 0 Å². The van der Waals surface area contributed by atoms with E-state index in [9.17, 15) is 0 Å².